The molecule has 3 aliphatic heterocycles. The van der Waals surface area contributed by atoms with Gasteiger partial charge in [-0.15, -0.1) is 0 Å². The Hall–Kier alpha value is -0.120. The Morgan fingerprint density at radius 3 is 2.20 bits per heavy atom. The maximum absolute atomic E-state index is 11.1. The molecule has 0 amide bonds. The Bertz CT molecular complexity index is 112. The van der Waals surface area contributed by atoms with Gasteiger partial charge in [0.05, 0.1) is 6.10 Å². The molecule has 0 aromatic heterocycles. The van der Waals surface area contributed by atoms with Crippen molar-refractivity contribution in [1.82, 2.24) is 4.90 Å². The summed E-state index contributed by atoms with van der Waals surface area (Å²) in [6, 6.07) is 0. The molecule has 0 aromatic rings. The maximum Gasteiger partial charge on any atom is 0.172 e. The lowest BCUT2D eigenvalue weighted by Gasteiger charge is -2.44. The number of hydrogen-bond acceptors (Lipinski definition) is 2. The van der Waals surface area contributed by atoms with Gasteiger partial charge < -0.3 is 5.11 Å². The van der Waals surface area contributed by atoms with Crippen LogP contribution in [-0.2, 0) is 5.11 Å². The number of hydrogen-bond donors (Lipinski definition) is 1. The van der Waals surface area contributed by atoms with Gasteiger partial charge in [0.1, 0.15) is 0 Å². The lowest BCUT2D eigenvalue weighted by Crippen LogP contribution is -2.57. The molecule has 10 heavy (non-hydrogen) atoms. The summed E-state index contributed by atoms with van der Waals surface area (Å²) < 4.78 is 0. The highest BCUT2D eigenvalue weighted by molar-refractivity contribution is 4.88. The van der Waals surface area contributed by atoms with Crippen LogP contribution in [0.1, 0.15) is 12.8 Å². The summed E-state index contributed by atoms with van der Waals surface area (Å²) >= 11 is 0. The van der Waals surface area contributed by atoms with Gasteiger partial charge in [0.15, 0.2) is 6.23 Å². The van der Waals surface area contributed by atoms with E-state index in [9.17, 15) is 10.2 Å². The fourth-order valence-electron chi connectivity index (χ4n) is 1.96. The van der Waals surface area contributed by atoms with E-state index in [0.29, 0.717) is 5.92 Å². The van der Waals surface area contributed by atoms with Gasteiger partial charge in [0, 0.05) is 13.1 Å². The molecular weight excluding hydrogens is 130 g/mol. The van der Waals surface area contributed by atoms with Gasteiger partial charge in [-0.2, -0.15) is 0 Å². The summed E-state index contributed by atoms with van der Waals surface area (Å²) in [6.07, 6.45) is 0.606. The Balaban J connectivity index is 2.13. The molecule has 57 valence electrons. The third-order valence-electron chi connectivity index (χ3n) is 2.71. The minimum Gasteiger partial charge on any atom is -0.389 e. The summed E-state index contributed by atoms with van der Waals surface area (Å²) in [5, 5.41) is 20.5. The Labute approximate surface area is 60.3 Å². The SMILES string of the molecule is [O]C1[C@H](O)C2CCN1CC2. The average molecular weight is 142 g/mol. The normalized spacial score (nSPS) is 53.4. The van der Waals surface area contributed by atoms with Crippen molar-refractivity contribution in [3.8, 4) is 0 Å². The van der Waals surface area contributed by atoms with Crippen LogP contribution in [0.15, 0.2) is 0 Å². The first-order valence-electron chi connectivity index (χ1n) is 3.87. The molecule has 1 N–H and O–H groups in total. The van der Waals surface area contributed by atoms with Crippen LogP contribution < -0.4 is 0 Å². The van der Waals surface area contributed by atoms with Crippen molar-refractivity contribution in [2.75, 3.05) is 13.1 Å². The summed E-state index contributed by atoms with van der Waals surface area (Å²) in [4.78, 5) is 1.84. The molecule has 3 nitrogen and oxygen atoms in total. The van der Waals surface area contributed by atoms with E-state index in [1.165, 1.54) is 0 Å². The topological polar surface area (TPSA) is 43.4 Å². The fourth-order valence-corrected chi connectivity index (χ4v) is 1.96. The lowest BCUT2D eigenvalue weighted by atomic mass is 9.85. The van der Waals surface area contributed by atoms with Crippen molar-refractivity contribution >= 4 is 0 Å². The Morgan fingerprint density at radius 1 is 1.30 bits per heavy atom. The first-order valence-corrected chi connectivity index (χ1v) is 3.87. The predicted octanol–water partition coefficient (Wildman–Crippen LogP) is -0.171. The predicted molar refractivity (Wildman–Crippen MR) is 34.8 cm³/mol. The molecule has 0 aromatic carbocycles. The third kappa shape index (κ3) is 0.779. The Morgan fingerprint density at radius 2 is 1.90 bits per heavy atom. The van der Waals surface area contributed by atoms with E-state index in [1.54, 1.807) is 0 Å². The molecule has 2 atom stereocenters. The second kappa shape index (κ2) is 2.19. The molecule has 3 saturated heterocycles. The van der Waals surface area contributed by atoms with Crippen LogP contribution in [0, 0.1) is 5.92 Å². The summed E-state index contributed by atoms with van der Waals surface area (Å²) in [7, 11) is 0. The molecule has 3 fully saturated rings. The van der Waals surface area contributed by atoms with Gasteiger partial charge in [0.2, 0.25) is 0 Å². The summed E-state index contributed by atoms with van der Waals surface area (Å²) in [5.41, 5.74) is 0. The molecule has 0 spiro atoms. The van der Waals surface area contributed by atoms with E-state index in [4.69, 9.17) is 0 Å². The van der Waals surface area contributed by atoms with Crippen molar-refractivity contribution < 1.29 is 10.2 Å². The van der Waals surface area contributed by atoms with Gasteiger partial charge in [-0.25, -0.2) is 5.11 Å². The van der Waals surface area contributed by atoms with E-state index in [-0.39, 0.29) is 0 Å². The highest BCUT2D eigenvalue weighted by atomic mass is 16.3. The van der Waals surface area contributed by atoms with Gasteiger partial charge in [-0.1, -0.05) is 0 Å². The smallest absolute Gasteiger partial charge is 0.172 e. The van der Waals surface area contributed by atoms with E-state index in [2.05, 4.69) is 0 Å². The van der Waals surface area contributed by atoms with Crippen LogP contribution in [0.4, 0.5) is 0 Å². The molecule has 1 unspecified atom stereocenters. The van der Waals surface area contributed by atoms with Crippen molar-refractivity contribution in [1.29, 1.82) is 0 Å². The third-order valence-corrected chi connectivity index (χ3v) is 2.71. The number of piperidine rings is 3. The molecule has 3 aliphatic rings. The lowest BCUT2D eigenvalue weighted by molar-refractivity contribution is -0.190. The highest BCUT2D eigenvalue weighted by Crippen LogP contribution is 2.30. The first-order chi connectivity index (χ1) is 4.79. The Kier molecular flexibility index (Phi) is 1.44. The number of fused-ring (bicyclic) bond motifs is 3. The van der Waals surface area contributed by atoms with Gasteiger partial charge >= 0.3 is 0 Å². The van der Waals surface area contributed by atoms with E-state index < -0.39 is 12.3 Å². The van der Waals surface area contributed by atoms with Crippen LogP contribution in [0.2, 0.25) is 0 Å². The minimum absolute atomic E-state index is 0.299. The molecule has 0 saturated carbocycles. The summed E-state index contributed by atoms with van der Waals surface area (Å²) in [5.74, 6) is 0.299. The molecule has 0 aliphatic carbocycles. The number of aliphatic hydroxyl groups excluding tert-OH is 1. The van der Waals surface area contributed by atoms with Crippen LogP contribution in [0.25, 0.3) is 0 Å². The highest BCUT2D eigenvalue weighted by Gasteiger charge is 2.41. The molecular formula is C7H12NO2. The molecule has 3 heterocycles. The first kappa shape index (κ1) is 6.58. The van der Waals surface area contributed by atoms with Crippen LogP contribution in [0.5, 0.6) is 0 Å². The number of aliphatic hydroxyl groups is 1. The van der Waals surface area contributed by atoms with Gasteiger partial charge in [-0.05, 0) is 18.8 Å². The largest absolute Gasteiger partial charge is 0.389 e. The fraction of sp³-hybridized carbons (Fsp3) is 1.00. The quantitative estimate of drug-likeness (QED) is 0.510. The van der Waals surface area contributed by atoms with Crippen LogP contribution >= 0.6 is 0 Å². The van der Waals surface area contributed by atoms with Crippen molar-refractivity contribution in [2.45, 2.75) is 25.2 Å². The van der Waals surface area contributed by atoms with Gasteiger partial charge in [-0.3, -0.25) is 4.90 Å². The maximum atomic E-state index is 11.1. The zero-order valence-electron chi connectivity index (χ0n) is 5.86. The second-order valence-corrected chi connectivity index (χ2v) is 3.25. The molecule has 2 bridgehead atoms. The molecule has 3 heteroatoms. The van der Waals surface area contributed by atoms with Crippen molar-refractivity contribution in [2.24, 2.45) is 5.92 Å². The number of rotatable bonds is 0. The minimum atomic E-state index is -0.826. The van der Waals surface area contributed by atoms with E-state index in [0.717, 1.165) is 25.9 Å². The average Bonchev–Trinajstić information content (AvgIpc) is 2.00. The van der Waals surface area contributed by atoms with Gasteiger partial charge in [0.25, 0.3) is 0 Å². The summed E-state index contributed by atoms with van der Waals surface area (Å²) in [6.45, 7) is 1.80. The molecule has 3 rings (SSSR count). The second-order valence-electron chi connectivity index (χ2n) is 3.25. The standard InChI is InChI=1S/C7H12NO2/c9-6-5-1-3-8(4-2-5)7(6)10/h5-7,9H,1-4H2/t6-,7?/m1/s1. The molecule has 1 radical (unpaired) electrons. The van der Waals surface area contributed by atoms with Crippen LogP contribution in [0.3, 0.4) is 0 Å². The van der Waals surface area contributed by atoms with E-state index in [1.807, 2.05) is 4.90 Å². The number of nitrogens with zero attached hydrogens (tertiary/aromatic N) is 1. The van der Waals surface area contributed by atoms with E-state index >= 15 is 0 Å². The zero-order valence-corrected chi connectivity index (χ0v) is 5.86. The zero-order chi connectivity index (χ0) is 7.14. The monoisotopic (exact) mass is 142 g/mol. The van der Waals surface area contributed by atoms with Crippen molar-refractivity contribution in [3.05, 3.63) is 0 Å². The van der Waals surface area contributed by atoms with Crippen LogP contribution in [-0.4, -0.2) is 35.4 Å². The van der Waals surface area contributed by atoms with Crippen molar-refractivity contribution in [3.63, 3.8) is 0 Å².